The van der Waals surface area contributed by atoms with Gasteiger partial charge in [-0.2, -0.15) is 0 Å². The van der Waals surface area contributed by atoms with Gasteiger partial charge in [-0.25, -0.2) is 13.2 Å². The van der Waals surface area contributed by atoms with Gasteiger partial charge < -0.3 is 19.7 Å². The van der Waals surface area contributed by atoms with Crippen molar-refractivity contribution in [3.63, 3.8) is 0 Å². The van der Waals surface area contributed by atoms with Crippen molar-refractivity contribution < 1.29 is 32.2 Å². The van der Waals surface area contributed by atoms with Crippen molar-refractivity contribution in [3.8, 4) is 11.5 Å². The standard InChI is InChI=1S/C17H13F3N2O4/c1-9(23)22(10-2-5-13-14(6-10)26-8-25-13)7-15(24)21-12-4-3-11(18)16(19)17(12)20/h2-6H,7-8H2,1H3,(H,21,24). The van der Waals surface area contributed by atoms with Crippen LogP contribution in [0.15, 0.2) is 30.3 Å². The van der Waals surface area contributed by atoms with E-state index < -0.39 is 41.5 Å². The van der Waals surface area contributed by atoms with Crippen molar-refractivity contribution in [3.05, 3.63) is 47.8 Å². The molecule has 1 heterocycles. The molecule has 0 aromatic heterocycles. The van der Waals surface area contributed by atoms with Crippen LogP contribution in [0.25, 0.3) is 0 Å². The Labute approximate surface area is 146 Å². The molecule has 26 heavy (non-hydrogen) atoms. The lowest BCUT2D eigenvalue weighted by Gasteiger charge is -2.21. The Balaban J connectivity index is 1.77. The lowest BCUT2D eigenvalue weighted by Crippen LogP contribution is -2.36. The zero-order valence-corrected chi connectivity index (χ0v) is 13.5. The van der Waals surface area contributed by atoms with E-state index in [-0.39, 0.29) is 6.79 Å². The highest BCUT2D eigenvalue weighted by molar-refractivity contribution is 6.02. The molecule has 1 N–H and O–H groups in total. The molecule has 1 aliphatic heterocycles. The van der Waals surface area contributed by atoms with Crippen LogP contribution >= 0.6 is 0 Å². The second-order valence-corrected chi connectivity index (χ2v) is 5.41. The third kappa shape index (κ3) is 3.41. The van der Waals surface area contributed by atoms with Gasteiger partial charge in [0.15, 0.2) is 29.0 Å². The molecule has 0 bridgehead atoms. The Bertz CT molecular complexity index is 889. The van der Waals surface area contributed by atoms with E-state index in [1.807, 2.05) is 0 Å². The first-order valence-corrected chi connectivity index (χ1v) is 7.48. The van der Waals surface area contributed by atoms with Crippen LogP contribution < -0.4 is 19.7 Å². The molecule has 2 amide bonds. The van der Waals surface area contributed by atoms with Crippen molar-refractivity contribution in [2.24, 2.45) is 0 Å². The quantitative estimate of drug-likeness (QED) is 0.845. The van der Waals surface area contributed by atoms with Crippen LogP contribution in [-0.2, 0) is 9.59 Å². The van der Waals surface area contributed by atoms with Gasteiger partial charge in [0.1, 0.15) is 6.54 Å². The molecular formula is C17H13F3N2O4. The number of ether oxygens (including phenoxy) is 2. The summed E-state index contributed by atoms with van der Waals surface area (Å²) in [7, 11) is 0. The zero-order valence-electron chi connectivity index (χ0n) is 13.5. The maximum absolute atomic E-state index is 13.7. The molecule has 0 aliphatic carbocycles. The first-order valence-electron chi connectivity index (χ1n) is 7.48. The number of rotatable bonds is 4. The highest BCUT2D eigenvalue weighted by atomic mass is 19.2. The molecule has 6 nitrogen and oxygen atoms in total. The van der Waals surface area contributed by atoms with Gasteiger partial charge >= 0.3 is 0 Å². The number of fused-ring (bicyclic) bond motifs is 1. The van der Waals surface area contributed by atoms with Crippen LogP contribution in [0.5, 0.6) is 11.5 Å². The number of amides is 2. The largest absolute Gasteiger partial charge is 0.454 e. The predicted octanol–water partition coefficient (Wildman–Crippen LogP) is 2.82. The average molecular weight is 366 g/mol. The molecule has 0 radical (unpaired) electrons. The topological polar surface area (TPSA) is 67.9 Å². The summed E-state index contributed by atoms with van der Waals surface area (Å²) in [6.45, 7) is 0.832. The molecule has 0 saturated carbocycles. The van der Waals surface area contributed by atoms with E-state index in [2.05, 4.69) is 5.32 Å². The van der Waals surface area contributed by atoms with Gasteiger partial charge in [0, 0.05) is 18.7 Å². The fourth-order valence-electron chi connectivity index (χ4n) is 2.39. The number of anilines is 2. The average Bonchev–Trinajstić information content (AvgIpc) is 3.07. The normalized spacial score (nSPS) is 12.0. The minimum absolute atomic E-state index is 0.0503. The highest BCUT2D eigenvalue weighted by Gasteiger charge is 2.21. The minimum Gasteiger partial charge on any atom is -0.454 e. The summed E-state index contributed by atoms with van der Waals surface area (Å²) >= 11 is 0. The number of benzene rings is 2. The van der Waals surface area contributed by atoms with Crippen LogP contribution in [-0.4, -0.2) is 25.2 Å². The second kappa shape index (κ2) is 6.95. The Morgan fingerprint density at radius 1 is 1.08 bits per heavy atom. The zero-order chi connectivity index (χ0) is 18.8. The number of nitrogens with one attached hydrogen (secondary N) is 1. The molecule has 1 aliphatic rings. The van der Waals surface area contributed by atoms with Crippen molar-refractivity contribution in [1.82, 2.24) is 0 Å². The van der Waals surface area contributed by atoms with Gasteiger partial charge in [0.05, 0.1) is 5.69 Å². The second-order valence-electron chi connectivity index (χ2n) is 5.41. The molecule has 136 valence electrons. The maximum Gasteiger partial charge on any atom is 0.244 e. The molecule has 2 aromatic carbocycles. The molecule has 3 rings (SSSR count). The van der Waals surface area contributed by atoms with Gasteiger partial charge in [0.2, 0.25) is 18.6 Å². The van der Waals surface area contributed by atoms with E-state index in [0.29, 0.717) is 23.3 Å². The van der Waals surface area contributed by atoms with E-state index >= 15 is 0 Å². The number of halogens is 3. The molecule has 9 heteroatoms. The molecule has 0 atom stereocenters. The molecule has 0 spiro atoms. The Hall–Kier alpha value is -3.23. The Kier molecular flexibility index (Phi) is 4.70. The van der Waals surface area contributed by atoms with Crippen LogP contribution in [0.2, 0.25) is 0 Å². The van der Waals surface area contributed by atoms with Crippen molar-refractivity contribution in [2.75, 3.05) is 23.6 Å². The van der Waals surface area contributed by atoms with E-state index in [4.69, 9.17) is 9.47 Å². The summed E-state index contributed by atoms with van der Waals surface area (Å²) in [5.74, 6) is -4.90. The van der Waals surface area contributed by atoms with Gasteiger partial charge in [-0.1, -0.05) is 0 Å². The van der Waals surface area contributed by atoms with E-state index in [1.165, 1.54) is 13.0 Å². The maximum atomic E-state index is 13.7. The first-order chi connectivity index (χ1) is 12.4. The van der Waals surface area contributed by atoms with Gasteiger partial charge in [-0.3, -0.25) is 9.59 Å². The number of carbonyl (C=O) groups excluding carboxylic acids is 2. The minimum atomic E-state index is -1.69. The monoisotopic (exact) mass is 366 g/mol. The van der Waals surface area contributed by atoms with Crippen LogP contribution in [0.3, 0.4) is 0 Å². The third-order valence-electron chi connectivity index (χ3n) is 3.66. The molecule has 0 fully saturated rings. The number of nitrogens with zero attached hydrogens (tertiary/aromatic N) is 1. The van der Waals surface area contributed by atoms with Gasteiger partial charge in [-0.05, 0) is 24.3 Å². The fourth-order valence-corrected chi connectivity index (χ4v) is 2.39. The summed E-state index contributed by atoms with van der Waals surface area (Å²) in [6.07, 6.45) is 0. The smallest absolute Gasteiger partial charge is 0.244 e. The highest BCUT2D eigenvalue weighted by Crippen LogP contribution is 2.35. The van der Waals surface area contributed by atoms with Crippen molar-refractivity contribution in [2.45, 2.75) is 6.92 Å². The Morgan fingerprint density at radius 2 is 1.81 bits per heavy atom. The van der Waals surface area contributed by atoms with Crippen LogP contribution in [0, 0.1) is 17.5 Å². The summed E-state index contributed by atoms with van der Waals surface area (Å²) < 4.78 is 50.2. The molecule has 0 unspecified atom stereocenters. The fraction of sp³-hybridized carbons (Fsp3) is 0.176. The van der Waals surface area contributed by atoms with Crippen LogP contribution in [0.4, 0.5) is 24.5 Å². The summed E-state index contributed by atoms with van der Waals surface area (Å²) in [5.41, 5.74) is -0.161. The number of hydrogen-bond donors (Lipinski definition) is 1. The molecule has 0 saturated heterocycles. The molecule has 2 aromatic rings. The van der Waals surface area contributed by atoms with E-state index in [9.17, 15) is 22.8 Å². The number of carbonyl (C=O) groups is 2. The van der Waals surface area contributed by atoms with E-state index in [1.54, 1.807) is 12.1 Å². The van der Waals surface area contributed by atoms with Gasteiger partial charge in [0.25, 0.3) is 0 Å². The molecular weight excluding hydrogens is 353 g/mol. The van der Waals surface area contributed by atoms with Crippen molar-refractivity contribution >= 4 is 23.2 Å². The number of hydrogen-bond acceptors (Lipinski definition) is 4. The Morgan fingerprint density at radius 3 is 2.54 bits per heavy atom. The van der Waals surface area contributed by atoms with Gasteiger partial charge in [-0.15, -0.1) is 0 Å². The summed E-state index contributed by atoms with van der Waals surface area (Å²) in [5, 5.41) is 2.12. The van der Waals surface area contributed by atoms with E-state index in [0.717, 1.165) is 11.0 Å². The van der Waals surface area contributed by atoms with Crippen molar-refractivity contribution in [1.29, 1.82) is 0 Å². The first kappa shape index (κ1) is 17.6. The lowest BCUT2D eigenvalue weighted by atomic mass is 10.2. The summed E-state index contributed by atoms with van der Waals surface area (Å²) in [6, 6.07) is 6.24. The lowest BCUT2D eigenvalue weighted by molar-refractivity contribution is -0.120. The van der Waals surface area contributed by atoms with Crippen LogP contribution in [0.1, 0.15) is 6.92 Å². The third-order valence-corrected chi connectivity index (χ3v) is 3.66. The summed E-state index contributed by atoms with van der Waals surface area (Å²) in [4.78, 5) is 25.1. The predicted molar refractivity (Wildman–Crippen MR) is 85.5 cm³/mol. The SMILES string of the molecule is CC(=O)N(CC(=O)Nc1ccc(F)c(F)c1F)c1ccc2c(c1)OCO2.